The summed E-state index contributed by atoms with van der Waals surface area (Å²) in [6.45, 7) is 12.0. The zero-order valence-electron chi connectivity index (χ0n) is 17.0. The minimum Gasteiger partial charge on any atom is -0.357 e. The molecule has 0 aliphatic heterocycles. The molecule has 0 saturated carbocycles. The van der Waals surface area contributed by atoms with E-state index in [9.17, 15) is 0 Å². The van der Waals surface area contributed by atoms with Gasteiger partial charge in [0.15, 0.2) is 0 Å². The third-order valence-corrected chi connectivity index (χ3v) is 2.03. The summed E-state index contributed by atoms with van der Waals surface area (Å²) in [6.07, 6.45) is 13.0. The first-order valence-electron chi connectivity index (χ1n) is 8.61. The quantitative estimate of drug-likeness (QED) is 0.583. The average Bonchev–Trinajstić information content (AvgIpc) is 3.40. The molecule has 5 nitrogen and oxygen atoms in total. The van der Waals surface area contributed by atoms with Crippen LogP contribution in [0.3, 0.4) is 0 Å². The summed E-state index contributed by atoms with van der Waals surface area (Å²) in [4.78, 5) is 3.78. The van der Waals surface area contributed by atoms with Crippen LogP contribution in [-0.4, -0.2) is 23.9 Å². The van der Waals surface area contributed by atoms with Gasteiger partial charge in [0.2, 0.25) is 0 Å². The van der Waals surface area contributed by atoms with Crippen LogP contribution in [-0.2, 0) is 21.1 Å². The first kappa shape index (κ1) is 26.6. The molecule has 0 aliphatic carbocycles. The lowest BCUT2D eigenvalue weighted by Crippen LogP contribution is -1.83. The molecule has 3 aromatic rings. The maximum absolute atomic E-state index is 3.83. The highest BCUT2D eigenvalue weighted by molar-refractivity contribution is 4.88. The minimum absolute atomic E-state index is 1.75. The average molecular weight is 336 g/mol. The zero-order chi connectivity index (χ0) is 19.2. The Morgan fingerprint density at radius 3 is 1.25 bits per heavy atom. The van der Waals surface area contributed by atoms with Gasteiger partial charge in [0.05, 0.1) is 6.33 Å². The number of rotatable bonds is 0. The summed E-state index contributed by atoms with van der Waals surface area (Å²) in [6, 6.07) is 5.89. The third kappa shape index (κ3) is 19.7. The Balaban J connectivity index is -0.000000239. The Labute approximate surface area is 149 Å². The summed E-state index contributed by atoms with van der Waals surface area (Å²) in [5.74, 6) is 0. The lowest BCUT2D eigenvalue weighted by Gasteiger charge is -1.79. The van der Waals surface area contributed by atoms with Crippen molar-refractivity contribution in [2.24, 2.45) is 21.1 Å². The van der Waals surface area contributed by atoms with E-state index in [0.29, 0.717) is 0 Å². The highest BCUT2D eigenvalue weighted by Gasteiger charge is 1.70. The molecule has 0 aliphatic rings. The molecule has 0 amide bonds. The molecule has 0 N–H and O–H groups in total. The maximum atomic E-state index is 3.83. The fourth-order valence-corrected chi connectivity index (χ4v) is 1.09. The molecule has 0 aromatic carbocycles. The largest absolute Gasteiger partial charge is 0.357 e. The number of nitrogens with zero attached hydrogens (tertiary/aromatic N) is 5. The van der Waals surface area contributed by atoms with Crippen molar-refractivity contribution in [1.29, 1.82) is 0 Å². The molecular weight excluding hydrogens is 298 g/mol. The van der Waals surface area contributed by atoms with Crippen molar-refractivity contribution in [2.75, 3.05) is 0 Å². The molecule has 24 heavy (non-hydrogen) atoms. The summed E-state index contributed by atoms with van der Waals surface area (Å²) < 4.78 is 5.64. The summed E-state index contributed by atoms with van der Waals surface area (Å²) in [7, 11) is 5.83. The van der Waals surface area contributed by atoms with Crippen LogP contribution >= 0.6 is 0 Å². The number of aryl methyl sites for hydroxylation is 3. The van der Waals surface area contributed by atoms with Crippen LogP contribution in [0.5, 0.6) is 0 Å². The highest BCUT2D eigenvalue weighted by Crippen LogP contribution is 1.80. The van der Waals surface area contributed by atoms with Gasteiger partial charge in [0.25, 0.3) is 0 Å². The van der Waals surface area contributed by atoms with Crippen molar-refractivity contribution in [1.82, 2.24) is 23.9 Å². The molecule has 3 heterocycles. The predicted octanol–water partition coefficient (Wildman–Crippen LogP) is 4.94. The smallest absolute Gasteiger partial charge is 0.0943 e. The molecule has 0 saturated heterocycles. The molecule has 0 bridgehead atoms. The van der Waals surface area contributed by atoms with Crippen molar-refractivity contribution in [3.8, 4) is 0 Å². The second-order valence-electron chi connectivity index (χ2n) is 3.76. The van der Waals surface area contributed by atoms with Crippen molar-refractivity contribution < 1.29 is 0 Å². The monoisotopic (exact) mass is 335 g/mol. The lowest BCUT2D eigenvalue weighted by atomic mass is 10.7. The molecule has 0 radical (unpaired) electrons. The Bertz CT molecular complexity index is 405. The Hall–Kier alpha value is -2.30. The van der Waals surface area contributed by atoms with E-state index in [2.05, 4.69) is 10.1 Å². The van der Waals surface area contributed by atoms with Gasteiger partial charge >= 0.3 is 0 Å². The summed E-state index contributed by atoms with van der Waals surface area (Å²) in [5.41, 5.74) is 0. The standard InChI is InChI=1S/C5H7N.2C4H6N2.3C2H6/c1-6-4-2-3-5-6;1-6-3-2-5-4-6;1-6-4-2-3-5-6;3*1-2/h2-5H,1H3;2*2-4H,1H3;3*1-2H3. The second-order valence-corrected chi connectivity index (χ2v) is 3.76. The maximum Gasteiger partial charge on any atom is 0.0943 e. The van der Waals surface area contributed by atoms with Crippen molar-refractivity contribution in [3.05, 3.63) is 61.7 Å². The van der Waals surface area contributed by atoms with E-state index in [1.54, 1.807) is 23.4 Å². The van der Waals surface area contributed by atoms with Gasteiger partial charge in [-0.3, -0.25) is 4.68 Å². The van der Waals surface area contributed by atoms with Crippen LogP contribution in [0.25, 0.3) is 0 Å². The first-order chi connectivity index (χ1) is 11.7. The van der Waals surface area contributed by atoms with Crippen LogP contribution in [0.4, 0.5) is 0 Å². The molecule has 5 heteroatoms. The summed E-state index contributed by atoms with van der Waals surface area (Å²) in [5, 5.41) is 3.83. The Morgan fingerprint density at radius 2 is 1.12 bits per heavy atom. The normalized spacial score (nSPS) is 7.38. The number of imidazole rings is 1. The minimum atomic E-state index is 1.75. The van der Waals surface area contributed by atoms with Gasteiger partial charge in [-0.05, 0) is 18.2 Å². The number of hydrogen-bond acceptors (Lipinski definition) is 2. The van der Waals surface area contributed by atoms with Gasteiger partial charge in [0.1, 0.15) is 0 Å². The van der Waals surface area contributed by atoms with E-state index in [4.69, 9.17) is 0 Å². The predicted molar refractivity (Wildman–Crippen MR) is 106 cm³/mol. The van der Waals surface area contributed by atoms with E-state index >= 15 is 0 Å². The SMILES string of the molecule is CC.CC.CC.Cn1cccc1.Cn1cccn1.Cn1ccnc1. The lowest BCUT2D eigenvalue weighted by molar-refractivity contribution is 0.768. The highest BCUT2D eigenvalue weighted by atomic mass is 15.2. The van der Waals surface area contributed by atoms with E-state index < -0.39 is 0 Å². The topological polar surface area (TPSA) is 40.6 Å². The van der Waals surface area contributed by atoms with Crippen LogP contribution in [0.15, 0.2) is 61.7 Å². The van der Waals surface area contributed by atoms with Gasteiger partial charge in [-0.1, -0.05) is 41.5 Å². The first-order valence-corrected chi connectivity index (χ1v) is 8.61. The van der Waals surface area contributed by atoms with E-state index in [-0.39, 0.29) is 0 Å². The number of hydrogen-bond donors (Lipinski definition) is 0. The Kier molecular flexibility index (Phi) is 25.5. The van der Waals surface area contributed by atoms with E-state index in [1.807, 2.05) is 115 Å². The molecule has 0 spiro atoms. The third-order valence-electron chi connectivity index (χ3n) is 2.03. The van der Waals surface area contributed by atoms with E-state index in [1.165, 1.54) is 0 Å². The van der Waals surface area contributed by atoms with Crippen molar-refractivity contribution in [3.63, 3.8) is 0 Å². The van der Waals surface area contributed by atoms with Gasteiger partial charge in [0, 0.05) is 58.3 Å². The van der Waals surface area contributed by atoms with Crippen LogP contribution in [0, 0.1) is 0 Å². The zero-order valence-corrected chi connectivity index (χ0v) is 17.0. The number of aromatic nitrogens is 5. The summed E-state index contributed by atoms with van der Waals surface area (Å²) >= 11 is 0. The molecular formula is C19H37N5. The van der Waals surface area contributed by atoms with Crippen LogP contribution in [0.1, 0.15) is 41.5 Å². The molecule has 3 rings (SSSR count). The van der Waals surface area contributed by atoms with Gasteiger partial charge < -0.3 is 9.13 Å². The van der Waals surface area contributed by atoms with Crippen LogP contribution in [0.2, 0.25) is 0 Å². The molecule has 138 valence electrons. The Morgan fingerprint density at radius 1 is 0.583 bits per heavy atom. The fourth-order valence-electron chi connectivity index (χ4n) is 1.09. The van der Waals surface area contributed by atoms with Crippen molar-refractivity contribution in [2.45, 2.75) is 41.5 Å². The van der Waals surface area contributed by atoms with Crippen LogP contribution < -0.4 is 0 Å². The molecule has 0 unspecified atom stereocenters. The van der Waals surface area contributed by atoms with E-state index in [0.717, 1.165) is 0 Å². The van der Waals surface area contributed by atoms with Gasteiger partial charge in [-0.25, -0.2) is 4.98 Å². The van der Waals surface area contributed by atoms with Crippen molar-refractivity contribution >= 4 is 0 Å². The second kappa shape index (κ2) is 23.0. The van der Waals surface area contributed by atoms with Gasteiger partial charge in [-0.2, -0.15) is 5.10 Å². The molecule has 0 fully saturated rings. The fraction of sp³-hybridized carbons (Fsp3) is 0.474. The van der Waals surface area contributed by atoms with Gasteiger partial charge in [-0.15, -0.1) is 0 Å². The molecule has 0 atom stereocenters. The molecule has 3 aromatic heterocycles.